The summed E-state index contributed by atoms with van der Waals surface area (Å²) in [6.07, 6.45) is 3.81. The molecule has 3 N–H and O–H groups in total. The molecule has 150 valence electrons. The molecular weight excluding hydrogens is 352 g/mol. The van der Waals surface area contributed by atoms with Gasteiger partial charge in [-0.2, -0.15) is 0 Å². The maximum atomic E-state index is 12.2. The topological polar surface area (TPSA) is 82.2 Å². The van der Waals surface area contributed by atoms with Crippen molar-refractivity contribution in [2.45, 2.75) is 39.2 Å². The second-order valence-electron chi connectivity index (χ2n) is 7.04. The number of carbonyl (C=O) groups is 1. The molecule has 1 amide bonds. The summed E-state index contributed by atoms with van der Waals surface area (Å²) in [5.41, 5.74) is 2.86. The fraction of sp³-hybridized carbons (Fsp3) is 0.476. The van der Waals surface area contributed by atoms with Gasteiger partial charge in [0.05, 0.1) is 12.1 Å². The Labute approximate surface area is 167 Å². The summed E-state index contributed by atoms with van der Waals surface area (Å²) in [5, 5.41) is 9.63. The van der Waals surface area contributed by atoms with Gasteiger partial charge in [-0.15, -0.1) is 0 Å². The molecule has 0 radical (unpaired) electrons. The first-order valence-corrected chi connectivity index (χ1v) is 10.1. The normalized spacial score (nSPS) is 14.2. The van der Waals surface area contributed by atoms with Gasteiger partial charge in [-0.3, -0.25) is 4.79 Å². The molecule has 0 unspecified atom stereocenters. The van der Waals surface area contributed by atoms with Gasteiger partial charge in [-0.1, -0.05) is 13.8 Å². The van der Waals surface area contributed by atoms with E-state index in [0.717, 1.165) is 44.7 Å². The first-order valence-electron chi connectivity index (χ1n) is 10.1. The van der Waals surface area contributed by atoms with Crippen LogP contribution in [0.3, 0.4) is 0 Å². The Morgan fingerprint density at radius 2 is 1.86 bits per heavy atom. The highest BCUT2D eigenvalue weighted by molar-refractivity contribution is 5.78. The molecule has 2 heterocycles. The predicted molar refractivity (Wildman–Crippen MR) is 113 cm³/mol. The van der Waals surface area contributed by atoms with Gasteiger partial charge in [-0.05, 0) is 43.2 Å². The molecule has 0 aliphatic carbocycles. The van der Waals surface area contributed by atoms with Crippen LogP contribution < -0.4 is 20.9 Å². The lowest BCUT2D eigenvalue weighted by atomic mass is 10.1. The van der Waals surface area contributed by atoms with Crippen LogP contribution in [0.2, 0.25) is 0 Å². The average Bonchev–Trinajstić information content (AvgIpc) is 2.73. The molecule has 1 fully saturated rings. The molecule has 7 nitrogen and oxygen atoms in total. The SMILES string of the molecule is CCC(CC)NC(=O)Cc1ccnc(Nc2ccc(N3CCNCC3)cc2)n1. The number of hydrogen-bond acceptors (Lipinski definition) is 6. The Kier molecular flexibility index (Phi) is 7.19. The summed E-state index contributed by atoms with van der Waals surface area (Å²) < 4.78 is 0. The molecule has 1 aromatic carbocycles. The summed E-state index contributed by atoms with van der Waals surface area (Å²) in [6.45, 7) is 8.24. The zero-order chi connectivity index (χ0) is 19.8. The van der Waals surface area contributed by atoms with Crippen LogP contribution in [0.25, 0.3) is 0 Å². The van der Waals surface area contributed by atoms with E-state index in [4.69, 9.17) is 0 Å². The Balaban J connectivity index is 1.58. The van der Waals surface area contributed by atoms with Crippen molar-refractivity contribution >= 4 is 23.2 Å². The van der Waals surface area contributed by atoms with E-state index in [1.165, 1.54) is 5.69 Å². The van der Waals surface area contributed by atoms with Crippen LogP contribution in [0, 0.1) is 0 Å². The molecule has 1 aliphatic rings. The van der Waals surface area contributed by atoms with Crippen molar-refractivity contribution in [1.29, 1.82) is 0 Å². The van der Waals surface area contributed by atoms with Crippen molar-refractivity contribution < 1.29 is 4.79 Å². The van der Waals surface area contributed by atoms with Crippen LogP contribution in [0.5, 0.6) is 0 Å². The fourth-order valence-corrected chi connectivity index (χ4v) is 3.30. The highest BCUT2D eigenvalue weighted by atomic mass is 16.1. The number of aromatic nitrogens is 2. The highest BCUT2D eigenvalue weighted by Gasteiger charge is 2.12. The minimum Gasteiger partial charge on any atom is -0.369 e. The zero-order valence-corrected chi connectivity index (χ0v) is 16.7. The van der Waals surface area contributed by atoms with Crippen LogP contribution in [0.4, 0.5) is 17.3 Å². The quantitative estimate of drug-likeness (QED) is 0.651. The van der Waals surface area contributed by atoms with E-state index in [-0.39, 0.29) is 18.4 Å². The molecule has 3 rings (SSSR count). The number of nitrogens with one attached hydrogen (secondary N) is 3. The first kappa shape index (κ1) is 20.1. The van der Waals surface area contributed by atoms with E-state index < -0.39 is 0 Å². The third-order valence-corrected chi connectivity index (χ3v) is 5.01. The van der Waals surface area contributed by atoms with E-state index in [9.17, 15) is 4.79 Å². The van der Waals surface area contributed by atoms with Gasteiger partial charge in [0.15, 0.2) is 0 Å². The van der Waals surface area contributed by atoms with Gasteiger partial charge in [-0.25, -0.2) is 9.97 Å². The molecule has 2 aromatic rings. The maximum absolute atomic E-state index is 12.2. The molecule has 0 spiro atoms. The maximum Gasteiger partial charge on any atom is 0.227 e. The second kappa shape index (κ2) is 10.0. The summed E-state index contributed by atoms with van der Waals surface area (Å²) in [6, 6.07) is 10.3. The van der Waals surface area contributed by atoms with Crippen LogP contribution in [0.15, 0.2) is 36.5 Å². The highest BCUT2D eigenvalue weighted by Crippen LogP contribution is 2.20. The van der Waals surface area contributed by atoms with Gasteiger partial charge in [0.2, 0.25) is 11.9 Å². The number of amides is 1. The third kappa shape index (κ3) is 5.66. The van der Waals surface area contributed by atoms with E-state index in [0.29, 0.717) is 11.6 Å². The predicted octanol–water partition coefficient (Wildman–Crippen LogP) is 2.48. The second-order valence-corrected chi connectivity index (χ2v) is 7.04. The van der Waals surface area contributed by atoms with Crippen LogP contribution >= 0.6 is 0 Å². The molecule has 0 atom stereocenters. The number of nitrogens with zero attached hydrogens (tertiary/aromatic N) is 3. The van der Waals surface area contributed by atoms with E-state index in [2.05, 4.69) is 56.8 Å². The van der Waals surface area contributed by atoms with E-state index in [1.807, 2.05) is 12.1 Å². The number of rotatable bonds is 8. The van der Waals surface area contributed by atoms with Crippen LogP contribution in [0.1, 0.15) is 32.4 Å². The van der Waals surface area contributed by atoms with Crippen molar-refractivity contribution in [3.8, 4) is 0 Å². The van der Waals surface area contributed by atoms with Crippen molar-refractivity contribution in [3.05, 3.63) is 42.2 Å². The smallest absolute Gasteiger partial charge is 0.227 e. The summed E-state index contributed by atoms with van der Waals surface area (Å²) >= 11 is 0. The minimum absolute atomic E-state index is 0.00118. The summed E-state index contributed by atoms with van der Waals surface area (Å²) in [7, 11) is 0. The Bertz CT molecular complexity index is 754. The molecular formula is C21H30N6O. The van der Waals surface area contributed by atoms with Crippen molar-refractivity contribution in [3.63, 3.8) is 0 Å². The molecule has 28 heavy (non-hydrogen) atoms. The van der Waals surface area contributed by atoms with Crippen molar-refractivity contribution in [2.24, 2.45) is 0 Å². The third-order valence-electron chi connectivity index (χ3n) is 5.01. The van der Waals surface area contributed by atoms with E-state index >= 15 is 0 Å². The summed E-state index contributed by atoms with van der Waals surface area (Å²) in [5.74, 6) is 0.501. The van der Waals surface area contributed by atoms with Gasteiger partial charge >= 0.3 is 0 Å². The van der Waals surface area contributed by atoms with Crippen molar-refractivity contribution in [2.75, 3.05) is 36.4 Å². The molecule has 7 heteroatoms. The first-order chi connectivity index (χ1) is 13.7. The number of anilines is 3. The minimum atomic E-state index is -0.00118. The number of piperazine rings is 1. The standard InChI is InChI=1S/C21H30N6O/c1-3-16(4-2)24-20(28)15-18-9-10-23-21(26-18)25-17-5-7-19(8-6-17)27-13-11-22-12-14-27/h5-10,16,22H,3-4,11-15H2,1-2H3,(H,24,28)(H,23,25,26). The lowest BCUT2D eigenvalue weighted by molar-refractivity contribution is -0.121. The van der Waals surface area contributed by atoms with Gasteiger partial charge in [0.1, 0.15) is 0 Å². The fourth-order valence-electron chi connectivity index (χ4n) is 3.30. The van der Waals surface area contributed by atoms with Gasteiger partial charge in [0.25, 0.3) is 0 Å². The molecule has 0 saturated carbocycles. The summed E-state index contributed by atoms with van der Waals surface area (Å²) in [4.78, 5) is 23.3. The lowest BCUT2D eigenvalue weighted by Gasteiger charge is -2.29. The zero-order valence-electron chi connectivity index (χ0n) is 16.7. The number of benzene rings is 1. The van der Waals surface area contributed by atoms with Crippen LogP contribution in [-0.2, 0) is 11.2 Å². The number of hydrogen-bond donors (Lipinski definition) is 3. The van der Waals surface area contributed by atoms with Gasteiger partial charge < -0.3 is 20.9 Å². The lowest BCUT2D eigenvalue weighted by Crippen LogP contribution is -2.43. The Morgan fingerprint density at radius 3 is 2.54 bits per heavy atom. The molecule has 1 aromatic heterocycles. The van der Waals surface area contributed by atoms with Crippen molar-refractivity contribution in [1.82, 2.24) is 20.6 Å². The Morgan fingerprint density at radius 1 is 1.14 bits per heavy atom. The van der Waals surface area contributed by atoms with Crippen LogP contribution in [-0.4, -0.2) is 48.1 Å². The largest absolute Gasteiger partial charge is 0.369 e. The van der Waals surface area contributed by atoms with Gasteiger partial charge in [0, 0.05) is 49.8 Å². The average molecular weight is 383 g/mol. The molecule has 1 aliphatic heterocycles. The molecule has 0 bridgehead atoms. The monoisotopic (exact) mass is 382 g/mol. The Hall–Kier alpha value is -2.67. The molecule has 1 saturated heterocycles. The van der Waals surface area contributed by atoms with E-state index in [1.54, 1.807) is 12.3 Å². The number of carbonyl (C=O) groups excluding carboxylic acids is 1.